The SMILES string of the molecule is CSc1ccc(C=C(CCl)C2CCCCC2)cc1. The van der Waals surface area contributed by atoms with Gasteiger partial charge >= 0.3 is 0 Å². The minimum absolute atomic E-state index is 0.676. The largest absolute Gasteiger partial charge is 0.130 e. The van der Waals surface area contributed by atoms with E-state index in [1.165, 1.54) is 48.1 Å². The smallest absolute Gasteiger partial charge is 0.0439 e. The van der Waals surface area contributed by atoms with Crippen LogP contribution in [0, 0.1) is 5.92 Å². The molecule has 0 atom stereocenters. The van der Waals surface area contributed by atoms with Crippen LogP contribution in [-0.4, -0.2) is 12.1 Å². The van der Waals surface area contributed by atoms with E-state index in [4.69, 9.17) is 11.6 Å². The van der Waals surface area contributed by atoms with E-state index >= 15 is 0 Å². The van der Waals surface area contributed by atoms with Gasteiger partial charge in [-0.2, -0.15) is 0 Å². The monoisotopic (exact) mass is 280 g/mol. The molecule has 1 saturated carbocycles. The van der Waals surface area contributed by atoms with Crippen LogP contribution in [0.3, 0.4) is 0 Å². The molecule has 1 aliphatic carbocycles. The maximum absolute atomic E-state index is 6.14. The van der Waals surface area contributed by atoms with Crippen molar-refractivity contribution in [3.05, 3.63) is 35.4 Å². The van der Waals surface area contributed by atoms with E-state index in [-0.39, 0.29) is 0 Å². The van der Waals surface area contributed by atoms with Gasteiger partial charge in [0.05, 0.1) is 0 Å². The maximum Gasteiger partial charge on any atom is 0.0439 e. The standard InChI is InChI=1S/C16H21ClS/c1-18-16-9-7-13(8-10-16)11-15(12-17)14-5-3-2-4-6-14/h7-11,14H,2-6,12H2,1H3. The first-order valence-electron chi connectivity index (χ1n) is 6.74. The molecule has 1 aromatic rings. The molecular weight excluding hydrogens is 260 g/mol. The Hall–Kier alpha value is -0.400. The highest BCUT2D eigenvalue weighted by atomic mass is 35.5. The van der Waals surface area contributed by atoms with E-state index in [0.717, 1.165) is 5.92 Å². The summed E-state index contributed by atoms with van der Waals surface area (Å²) >= 11 is 7.92. The zero-order valence-corrected chi connectivity index (χ0v) is 12.6. The lowest BCUT2D eigenvalue weighted by Gasteiger charge is -2.23. The second kappa shape index (κ2) is 7.25. The topological polar surface area (TPSA) is 0 Å². The molecule has 98 valence electrons. The Morgan fingerprint density at radius 2 is 1.89 bits per heavy atom. The Kier molecular flexibility index (Phi) is 5.65. The van der Waals surface area contributed by atoms with Gasteiger partial charge in [-0.25, -0.2) is 0 Å². The Bertz CT molecular complexity index is 388. The van der Waals surface area contributed by atoms with Gasteiger partial charge in [0.1, 0.15) is 0 Å². The second-order valence-electron chi connectivity index (χ2n) is 4.96. The lowest BCUT2D eigenvalue weighted by molar-refractivity contribution is 0.405. The molecule has 0 aromatic heterocycles. The van der Waals surface area contributed by atoms with E-state index < -0.39 is 0 Å². The van der Waals surface area contributed by atoms with Gasteiger partial charge in [0, 0.05) is 10.8 Å². The third-order valence-corrected chi connectivity index (χ3v) is 4.80. The van der Waals surface area contributed by atoms with Crippen molar-refractivity contribution in [1.29, 1.82) is 0 Å². The molecule has 2 heteroatoms. The first-order valence-corrected chi connectivity index (χ1v) is 8.50. The molecule has 18 heavy (non-hydrogen) atoms. The van der Waals surface area contributed by atoms with E-state index in [0.29, 0.717) is 5.88 Å². The highest BCUT2D eigenvalue weighted by Crippen LogP contribution is 2.31. The van der Waals surface area contributed by atoms with Gasteiger partial charge in [-0.1, -0.05) is 43.0 Å². The molecule has 0 amide bonds. The molecule has 0 N–H and O–H groups in total. The van der Waals surface area contributed by atoms with Crippen molar-refractivity contribution in [2.75, 3.05) is 12.1 Å². The summed E-state index contributed by atoms with van der Waals surface area (Å²) in [5.74, 6) is 1.39. The predicted molar refractivity (Wildman–Crippen MR) is 83.5 cm³/mol. The van der Waals surface area contributed by atoms with Crippen molar-refractivity contribution in [3.63, 3.8) is 0 Å². The summed E-state index contributed by atoms with van der Waals surface area (Å²) in [6.45, 7) is 0. The number of alkyl halides is 1. The number of thioether (sulfide) groups is 1. The summed E-state index contributed by atoms with van der Waals surface area (Å²) in [5.41, 5.74) is 2.71. The van der Waals surface area contributed by atoms with Crippen LogP contribution >= 0.6 is 23.4 Å². The van der Waals surface area contributed by atoms with Crippen LogP contribution in [0.5, 0.6) is 0 Å². The Morgan fingerprint density at radius 3 is 2.44 bits per heavy atom. The third kappa shape index (κ3) is 3.80. The normalized spacial score (nSPS) is 18.0. The number of hydrogen-bond acceptors (Lipinski definition) is 1. The summed E-state index contributed by atoms with van der Waals surface area (Å²) in [5, 5.41) is 0. The maximum atomic E-state index is 6.14. The van der Waals surface area contributed by atoms with Gasteiger partial charge in [0.2, 0.25) is 0 Å². The lowest BCUT2D eigenvalue weighted by Crippen LogP contribution is -2.10. The van der Waals surface area contributed by atoms with Crippen LogP contribution in [0.4, 0.5) is 0 Å². The molecule has 0 saturated heterocycles. The summed E-state index contributed by atoms with van der Waals surface area (Å²) in [6, 6.07) is 8.76. The molecule has 0 nitrogen and oxygen atoms in total. The average Bonchev–Trinajstić information content (AvgIpc) is 2.46. The first kappa shape index (κ1) is 14.0. The Labute approximate surface area is 120 Å². The van der Waals surface area contributed by atoms with Crippen molar-refractivity contribution < 1.29 is 0 Å². The molecule has 0 spiro atoms. The zero-order valence-electron chi connectivity index (χ0n) is 11.0. The summed E-state index contributed by atoms with van der Waals surface area (Å²) in [4.78, 5) is 1.32. The van der Waals surface area contributed by atoms with Crippen molar-refractivity contribution in [2.45, 2.75) is 37.0 Å². The van der Waals surface area contributed by atoms with E-state index in [2.05, 4.69) is 36.6 Å². The lowest BCUT2D eigenvalue weighted by atomic mass is 9.84. The van der Waals surface area contributed by atoms with Crippen molar-refractivity contribution in [2.24, 2.45) is 5.92 Å². The first-order chi connectivity index (χ1) is 8.83. The van der Waals surface area contributed by atoms with Gasteiger partial charge in [-0.05, 0) is 42.7 Å². The molecule has 0 radical (unpaired) electrons. The fraction of sp³-hybridized carbons (Fsp3) is 0.500. The van der Waals surface area contributed by atoms with Crippen LogP contribution in [0.15, 0.2) is 34.7 Å². The molecule has 1 aliphatic rings. The molecule has 1 fully saturated rings. The van der Waals surface area contributed by atoms with E-state index in [1.807, 2.05) is 0 Å². The molecule has 0 aliphatic heterocycles. The number of hydrogen-bond donors (Lipinski definition) is 0. The van der Waals surface area contributed by atoms with Gasteiger partial charge in [0.15, 0.2) is 0 Å². The minimum atomic E-state index is 0.676. The van der Waals surface area contributed by atoms with Crippen LogP contribution in [0.25, 0.3) is 6.08 Å². The van der Waals surface area contributed by atoms with Crippen molar-refractivity contribution in [3.8, 4) is 0 Å². The summed E-state index contributed by atoms with van der Waals surface area (Å²) in [7, 11) is 0. The molecule has 0 unspecified atom stereocenters. The van der Waals surface area contributed by atoms with Crippen molar-refractivity contribution in [1.82, 2.24) is 0 Å². The fourth-order valence-corrected chi connectivity index (χ4v) is 3.36. The summed E-state index contributed by atoms with van der Waals surface area (Å²) in [6.07, 6.45) is 11.2. The second-order valence-corrected chi connectivity index (χ2v) is 6.11. The summed E-state index contributed by atoms with van der Waals surface area (Å²) < 4.78 is 0. The zero-order chi connectivity index (χ0) is 12.8. The van der Waals surface area contributed by atoms with Crippen LogP contribution in [0.2, 0.25) is 0 Å². The number of allylic oxidation sites excluding steroid dienone is 1. The van der Waals surface area contributed by atoms with Crippen LogP contribution in [-0.2, 0) is 0 Å². The molecule has 0 heterocycles. The Balaban J connectivity index is 2.11. The van der Waals surface area contributed by atoms with Gasteiger partial charge < -0.3 is 0 Å². The van der Waals surface area contributed by atoms with Crippen LogP contribution < -0.4 is 0 Å². The number of rotatable bonds is 4. The fourth-order valence-electron chi connectivity index (χ4n) is 2.65. The minimum Gasteiger partial charge on any atom is -0.130 e. The predicted octanol–water partition coefficient (Wildman–Crippen LogP) is 5.61. The van der Waals surface area contributed by atoms with E-state index in [9.17, 15) is 0 Å². The molecule has 0 bridgehead atoms. The average molecular weight is 281 g/mol. The van der Waals surface area contributed by atoms with Gasteiger partial charge in [-0.15, -0.1) is 23.4 Å². The number of benzene rings is 1. The molecule has 2 rings (SSSR count). The quantitative estimate of drug-likeness (QED) is 0.510. The van der Waals surface area contributed by atoms with E-state index in [1.54, 1.807) is 11.8 Å². The molecule has 1 aromatic carbocycles. The number of halogens is 1. The van der Waals surface area contributed by atoms with Gasteiger partial charge in [-0.3, -0.25) is 0 Å². The third-order valence-electron chi connectivity index (χ3n) is 3.75. The van der Waals surface area contributed by atoms with Crippen molar-refractivity contribution >= 4 is 29.4 Å². The van der Waals surface area contributed by atoms with Gasteiger partial charge in [0.25, 0.3) is 0 Å². The Morgan fingerprint density at radius 1 is 1.22 bits per heavy atom. The molecular formula is C16H21ClS. The highest BCUT2D eigenvalue weighted by Gasteiger charge is 2.16. The van der Waals surface area contributed by atoms with Crippen LogP contribution in [0.1, 0.15) is 37.7 Å². The highest BCUT2D eigenvalue weighted by molar-refractivity contribution is 7.98.